The molecular weight excluding hydrogens is 598 g/mol. The Kier molecular flexibility index (Phi) is 16.6. The summed E-state index contributed by atoms with van der Waals surface area (Å²) in [4.78, 5) is 76.0. The molecule has 5 N–H and O–H groups in total. The maximum Gasteiger partial charge on any atom is 0.408 e. The van der Waals surface area contributed by atoms with Crippen LogP contribution < -0.4 is 26.6 Å². The molecule has 1 saturated heterocycles. The van der Waals surface area contributed by atoms with Crippen LogP contribution in [0.5, 0.6) is 0 Å². The van der Waals surface area contributed by atoms with Crippen molar-refractivity contribution < 1.29 is 43.0 Å². The molecule has 1 aliphatic rings. The van der Waals surface area contributed by atoms with Crippen molar-refractivity contribution >= 4 is 35.9 Å². The summed E-state index contributed by atoms with van der Waals surface area (Å²) >= 11 is 0. The molecule has 0 unspecified atom stereocenters. The molecule has 1 fully saturated rings. The molecule has 1 rings (SSSR count). The predicted molar refractivity (Wildman–Crippen MR) is 171 cm³/mol. The highest BCUT2D eigenvalue weighted by molar-refractivity contribution is 5.91. The van der Waals surface area contributed by atoms with Gasteiger partial charge in [-0.2, -0.15) is 0 Å². The highest BCUT2D eigenvalue weighted by atomic mass is 16.6. The molecule has 4 atom stereocenters. The van der Waals surface area contributed by atoms with Gasteiger partial charge in [0.25, 0.3) is 0 Å². The fourth-order valence-corrected chi connectivity index (χ4v) is 4.54. The third kappa shape index (κ3) is 17.6. The molecule has 0 aromatic rings. The van der Waals surface area contributed by atoms with Crippen molar-refractivity contribution in [2.45, 2.75) is 124 Å². The molecular formula is C32H55N5O9. The number of esters is 1. The van der Waals surface area contributed by atoms with E-state index in [0.29, 0.717) is 19.4 Å². The Morgan fingerprint density at radius 2 is 1.52 bits per heavy atom. The zero-order chi connectivity index (χ0) is 35.1. The minimum Gasteiger partial charge on any atom is -0.463 e. The van der Waals surface area contributed by atoms with Crippen LogP contribution >= 0.6 is 0 Å². The fraction of sp³-hybridized carbons (Fsp3) is 0.750. The Morgan fingerprint density at radius 1 is 0.913 bits per heavy atom. The summed E-state index contributed by atoms with van der Waals surface area (Å²) < 4.78 is 15.5. The van der Waals surface area contributed by atoms with E-state index in [1.807, 2.05) is 13.8 Å². The van der Waals surface area contributed by atoms with Crippen molar-refractivity contribution in [3.05, 3.63) is 12.2 Å². The molecule has 46 heavy (non-hydrogen) atoms. The number of ether oxygens (including phenoxy) is 3. The monoisotopic (exact) mass is 653 g/mol. The third-order valence-electron chi connectivity index (χ3n) is 6.47. The molecule has 0 aromatic heterocycles. The van der Waals surface area contributed by atoms with E-state index >= 15 is 0 Å². The standard InChI is InChI=1S/C32H55N5O9/c1-10-44-25(38)14-13-22(19-21-15-17-33-26(21)39)35-28(41)24(18-20(2)3)36-27(40)23(37-30(43)46-32(7,8)9)12-11-16-34-29(42)45-31(4,5)6/h13-14,20-24H,10-12,15-19H2,1-9H3,(H,33,39)(H,34,42)(H,35,41)(H,36,40)(H,37,43)/t21-,22+,23-,24-/m0/s1. The Hall–Kier alpha value is -3.84. The summed E-state index contributed by atoms with van der Waals surface area (Å²) in [6.45, 7) is 16.7. The second-order valence-electron chi connectivity index (χ2n) is 13.7. The lowest BCUT2D eigenvalue weighted by Gasteiger charge is -2.27. The maximum absolute atomic E-state index is 13.6. The lowest BCUT2D eigenvalue weighted by atomic mass is 9.96. The van der Waals surface area contributed by atoms with Crippen LogP contribution in [0.3, 0.4) is 0 Å². The average Bonchev–Trinajstić information content (AvgIpc) is 3.30. The second kappa shape index (κ2) is 19.0. The summed E-state index contributed by atoms with van der Waals surface area (Å²) in [5.41, 5.74) is -1.49. The largest absolute Gasteiger partial charge is 0.463 e. The van der Waals surface area contributed by atoms with Crippen LogP contribution in [0.4, 0.5) is 9.59 Å². The second-order valence-corrected chi connectivity index (χ2v) is 13.7. The lowest BCUT2D eigenvalue weighted by Crippen LogP contribution is -2.55. The minimum atomic E-state index is -1.08. The van der Waals surface area contributed by atoms with Crippen LogP contribution in [0.15, 0.2) is 12.2 Å². The summed E-state index contributed by atoms with van der Waals surface area (Å²) in [6.07, 6.45) is 2.82. The van der Waals surface area contributed by atoms with Gasteiger partial charge in [-0.3, -0.25) is 14.4 Å². The first-order chi connectivity index (χ1) is 21.3. The Balaban J connectivity index is 3.09. The number of carbonyl (C=O) groups excluding carboxylic acids is 6. The zero-order valence-corrected chi connectivity index (χ0v) is 28.9. The number of alkyl carbamates (subject to hydrolysis) is 2. The quantitative estimate of drug-likeness (QED) is 0.0722. The van der Waals surface area contributed by atoms with Gasteiger partial charge in [-0.1, -0.05) is 19.9 Å². The molecule has 14 nitrogen and oxygen atoms in total. The van der Waals surface area contributed by atoms with Gasteiger partial charge in [-0.05, 0) is 86.5 Å². The molecule has 0 aromatic carbocycles. The first-order valence-corrected chi connectivity index (χ1v) is 16.0. The van der Waals surface area contributed by atoms with Crippen LogP contribution in [-0.2, 0) is 33.4 Å². The molecule has 0 saturated carbocycles. The molecule has 0 bridgehead atoms. The number of hydrogen-bond donors (Lipinski definition) is 5. The molecule has 0 radical (unpaired) electrons. The van der Waals surface area contributed by atoms with Crippen molar-refractivity contribution in [3.8, 4) is 0 Å². The Labute approximate surface area is 272 Å². The van der Waals surface area contributed by atoms with Gasteiger partial charge in [0.15, 0.2) is 0 Å². The van der Waals surface area contributed by atoms with Crippen LogP contribution in [0, 0.1) is 11.8 Å². The van der Waals surface area contributed by atoms with Crippen molar-refractivity contribution in [1.82, 2.24) is 26.6 Å². The highest BCUT2D eigenvalue weighted by Crippen LogP contribution is 2.18. The van der Waals surface area contributed by atoms with Crippen LogP contribution in [-0.4, -0.2) is 84.9 Å². The number of nitrogens with one attached hydrogen (secondary N) is 5. The third-order valence-corrected chi connectivity index (χ3v) is 6.47. The number of carbonyl (C=O) groups is 6. The van der Waals surface area contributed by atoms with Gasteiger partial charge in [0.2, 0.25) is 17.7 Å². The summed E-state index contributed by atoms with van der Waals surface area (Å²) in [5, 5.41) is 13.6. The van der Waals surface area contributed by atoms with Crippen LogP contribution in [0.1, 0.15) is 94.4 Å². The van der Waals surface area contributed by atoms with Crippen molar-refractivity contribution in [2.75, 3.05) is 19.7 Å². The Bertz CT molecular complexity index is 1080. The highest BCUT2D eigenvalue weighted by Gasteiger charge is 2.32. The minimum absolute atomic E-state index is 0.000442. The molecule has 1 aliphatic heterocycles. The normalized spacial score (nSPS) is 17.0. The van der Waals surface area contributed by atoms with E-state index in [-0.39, 0.29) is 50.2 Å². The van der Waals surface area contributed by atoms with E-state index in [4.69, 9.17) is 14.2 Å². The Morgan fingerprint density at radius 3 is 2.07 bits per heavy atom. The van der Waals surface area contributed by atoms with E-state index in [0.717, 1.165) is 0 Å². The average molecular weight is 654 g/mol. The maximum atomic E-state index is 13.6. The first-order valence-electron chi connectivity index (χ1n) is 16.0. The molecule has 5 amide bonds. The van der Waals surface area contributed by atoms with Gasteiger partial charge >= 0.3 is 18.2 Å². The van der Waals surface area contributed by atoms with Crippen molar-refractivity contribution in [3.63, 3.8) is 0 Å². The van der Waals surface area contributed by atoms with Crippen LogP contribution in [0.2, 0.25) is 0 Å². The molecule has 0 aliphatic carbocycles. The molecule has 0 spiro atoms. The van der Waals surface area contributed by atoms with E-state index in [1.54, 1.807) is 48.5 Å². The molecule has 14 heteroatoms. The van der Waals surface area contributed by atoms with Crippen molar-refractivity contribution in [1.29, 1.82) is 0 Å². The number of amides is 5. The van der Waals surface area contributed by atoms with E-state index in [9.17, 15) is 28.8 Å². The van der Waals surface area contributed by atoms with Gasteiger partial charge in [0.05, 0.1) is 6.61 Å². The van der Waals surface area contributed by atoms with Gasteiger partial charge < -0.3 is 40.8 Å². The fourth-order valence-electron chi connectivity index (χ4n) is 4.54. The lowest BCUT2D eigenvalue weighted by molar-refractivity contribution is -0.137. The van der Waals surface area contributed by atoms with E-state index in [2.05, 4.69) is 26.6 Å². The first kappa shape index (κ1) is 40.2. The summed E-state index contributed by atoms with van der Waals surface area (Å²) in [7, 11) is 0. The zero-order valence-electron chi connectivity index (χ0n) is 28.9. The van der Waals surface area contributed by atoms with Gasteiger partial charge in [-0.25, -0.2) is 14.4 Å². The summed E-state index contributed by atoms with van der Waals surface area (Å²) in [6, 6.07) is -2.77. The SMILES string of the molecule is CCOC(=O)C=C[C@H](C[C@@H]1CCNC1=O)NC(=O)[C@H](CC(C)C)NC(=O)[C@H](CCCNC(=O)OC(C)(C)C)NC(=O)OC(C)(C)C. The van der Waals surface area contributed by atoms with E-state index in [1.165, 1.54) is 12.2 Å². The molecule has 1 heterocycles. The van der Waals surface area contributed by atoms with Gasteiger partial charge in [0, 0.05) is 31.1 Å². The van der Waals surface area contributed by atoms with Crippen LogP contribution in [0.25, 0.3) is 0 Å². The van der Waals surface area contributed by atoms with Crippen molar-refractivity contribution in [2.24, 2.45) is 11.8 Å². The van der Waals surface area contributed by atoms with E-state index < -0.39 is 59.3 Å². The predicted octanol–water partition coefficient (Wildman–Crippen LogP) is 2.85. The molecule has 262 valence electrons. The van der Waals surface area contributed by atoms with Gasteiger partial charge in [0.1, 0.15) is 23.3 Å². The summed E-state index contributed by atoms with van der Waals surface area (Å²) in [5.74, 6) is -2.19. The number of rotatable bonds is 16. The number of hydrogen-bond acceptors (Lipinski definition) is 9. The van der Waals surface area contributed by atoms with Gasteiger partial charge in [-0.15, -0.1) is 0 Å². The smallest absolute Gasteiger partial charge is 0.408 e. The topological polar surface area (TPSA) is 190 Å².